The minimum atomic E-state index is 0.0750. The number of rotatable bonds is 7. The number of nitrogens with zero attached hydrogens (tertiary/aromatic N) is 4. The number of carbonyl (C=O) groups is 2. The molecule has 7 heteroatoms. The Morgan fingerprint density at radius 1 is 1.31 bits per heavy atom. The Balaban J connectivity index is 1.77. The van der Waals surface area contributed by atoms with Gasteiger partial charge in [0.2, 0.25) is 11.8 Å². The number of amides is 2. The summed E-state index contributed by atoms with van der Waals surface area (Å²) in [6.45, 7) is 11.6. The van der Waals surface area contributed by atoms with Crippen LogP contribution in [0.4, 0.5) is 0 Å². The second kappa shape index (κ2) is 8.93. The maximum Gasteiger partial charge on any atom is 0.222 e. The Kier molecular flexibility index (Phi) is 6.55. The minimum Gasteiger partial charge on any atom is -0.354 e. The van der Waals surface area contributed by atoms with E-state index >= 15 is 0 Å². The number of aromatic nitrogens is 3. The molecule has 3 rings (SSSR count). The second-order valence-corrected chi connectivity index (χ2v) is 8.16. The highest BCUT2D eigenvalue weighted by molar-refractivity contribution is 5.76. The zero-order chi connectivity index (χ0) is 21.1. The van der Waals surface area contributed by atoms with E-state index < -0.39 is 0 Å². The maximum absolute atomic E-state index is 12.2. The predicted molar refractivity (Wildman–Crippen MR) is 113 cm³/mol. The average molecular weight is 400 g/mol. The largest absolute Gasteiger partial charge is 0.354 e. The number of hydrogen-bond acceptors (Lipinski definition) is 4. The molecule has 2 aromatic rings. The topological polar surface area (TPSA) is 79.6 Å². The van der Waals surface area contributed by atoms with Gasteiger partial charge >= 0.3 is 0 Å². The Labute approximate surface area is 172 Å². The third-order valence-electron chi connectivity index (χ3n) is 6.07. The molecule has 1 aliphatic heterocycles. The van der Waals surface area contributed by atoms with Crippen LogP contribution in [-0.2, 0) is 16.0 Å². The Hall–Kier alpha value is -2.44. The van der Waals surface area contributed by atoms with Crippen molar-refractivity contribution in [3.8, 4) is 0 Å². The van der Waals surface area contributed by atoms with Gasteiger partial charge < -0.3 is 10.2 Å². The second-order valence-electron chi connectivity index (χ2n) is 8.16. The highest BCUT2D eigenvalue weighted by atomic mass is 16.2. The van der Waals surface area contributed by atoms with Gasteiger partial charge in [0.25, 0.3) is 0 Å². The summed E-state index contributed by atoms with van der Waals surface area (Å²) in [5.74, 6) is 0.544. The zero-order valence-corrected chi connectivity index (χ0v) is 18.3. The third-order valence-corrected chi connectivity index (χ3v) is 6.07. The normalized spacial score (nSPS) is 17.7. The van der Waals surface area contributed by atoms with Crippen molar-refractivity contribution in [2.75, 3.05) is 13.1 Å². The van der Waals surface area contributed by atoms with Gasteiger partial charge in [0.15, 0.2) is 5.65 Å². The fourth-order valence-electron chi connectivity index (χ4n) is 4.05. The monoisotopic (exact) mass is 399 g/mol. The van der Waals surface area contributed by atoms with E-state index in [9.17, 15) is 9.59 Å². The van der Waals surface area contributed by atoms with Crippen molar-refractivity contribution in [2.24, 2.45) is 0 Å². The van der Waals surface area contributed by atoms with Gasteiger partial charge in [0.1, 0.15) is 0 Å². The van der Waals surface area contributed by atoms with Gasteiger partial charge in [-0.05, 0) is 45.6 Å². The maximum atomic E-state index is 12.2. The number of likely N-dealkylation sites (tertiary alicyclic amines) is 1. The Bertz CT molecular complexity index is 904. The molecule has 2 amide bonds. The van der Waals surface area contributed by atoms with Crippen LogP contribution >= 0.6 is 0 Å². The highest BCUT2D eigenvalue weighted by Gasteiger charge is 2.28. The summed E-state index contributed by atoms with van der Waals surface area (Å²) in [7, 11) is 0. The Morgan fingerprint density at radius 3 is 2.76 bits per heavy atom. The summed E-state index contributed by atoms with van der Waals surface area (Å²) in [6.07, 6.45) is 3.52. The molecule has 0 spiro atoms. The molecule has 1 saturated heterocycles. The molecule has 0 bridgehead atoms. The SMILES string of the molecule is CCC(=O)N1CC[C@H](c2cc3nc(C)c(CCC(=O)N[C@@H](C)CC)c(C)n3n2)C1. The molecule has 158 valence electrons. The average Bonchev–Trinajstić information content (AvgIpc) is 3.34. The summed E-state index contributed by atoms with van der Waals surface area (Å²) >= 11 is 0. The fourth-order valence-corrected chi connectivity index (χ4v) is 4.05. The molecule has 2 aromatic heterocycles. The van der Waals surface area contributed by atoms with Crippen molar-refractivity contribution in [3.05, 3.63) is 28.7 Å². The van der Waals surface area contributed by atoms with Crippen LogP contribution in [0.15, 0.2) is 6.07 Å². The lowest BCUT2D eigenvalue weighted by Gasteiger charge is -2.14. The van der Waals surface area contributed by atoms with E-state index in [0.717, 1.165) is 54.2 Å². The third kappa shape index (κ3) is 4.60. The van der Waals surface area contributed by atoms with Crippen molar-refractivity contribution < 1.29 is 9.59 Å². The standard InChI is InChI=1S/C22H33N5O2/c1-6-14(3)23-21(28)9-8-18-15(4)24-20-12-19(25-27(20)16(18)5)17-10-11-26(13-17)22(29)7-2/h12,14,17H,6-11,13H2,1-5H3,(H,23,28)/t14-,17-/m0/s1. The lowest BCUT2D eigenvalue weighted by Crippen LogP contribution is -2.32. The molecule has 3 heterocycles. The van der Waals surface area contributed by atoms with Crippen LogP contribution in [-0.4, -0.2) is 50.4 Å². The highest BCUT2D eigenvalue weighted by Crippen LogP contribution is 2.28. The van der Waals surface area contributed by atoms with Gasteiger partial charge in [-0.1, -0.05) is 13.8 Å². The van der Waals surface area contributed by atoms with Crippen LogP contribution in [0, 0.1) is 13.8 Å². The lowest BCUT2D eigenvalue weighted by molar-refractivity contribution is -0.129. The molecule has 1 fully saturated rings. The van der Waals surface area contributed by atoms with Gasteiger partial charge in [-0.15, -0.1) is 0 Å². The zero-order valence-electron chi connectivity index (χ0n) is 18.3. The van der Waals surface area contributed by atoms with Gasteiger partial charge in [0, 0.05) is 55.3 Å². The van der Waals surface area contributed by atoms with Crippen molar-refractivity contribution in [1.82, 2.24) is 24.8 Å². The minimum absolute atomic E-state index is 0.0750. The van der Waals surface area contributed by atoms with E-state index in [4.69, 9.17) is 10.1 Å². The first-order valence-electron chi connectivity index (χ1n) is 10.8. The van der Waals surface area contributed by atoms with E-state index in [1.165, 1.54) is 0 Å². The van der Waals surface area contributed by atoms with Crippen LogP contribution in [0.25, 0.3) is 5.65 Å². The van der Waals surface area contributed by atoms with Crippen LogP contribution < -0.4 is 5.32 Å². The number of carbonyl (C=O) groups excluding carboxylic acids is 2. The lowest BCUT2D eigenvalue weighted by atomic mass is 10.1. The summed E-state index contributed by atoms with van der Waals surface area (Å²) in [5, 5.41) is 7.84. The number of hydrogen-bond donors (Lipinski definition) is 1. The van der Waals surface area contributed by atoms with E-state index in [-0.39, 0.29) is 23.8 Å². The molecule has 1 N–H and O–H groups in total. The van der Waals surface area contributed by atoms with Crippen molar-refractivity contribution in [3.63, 3.8) is 0 Å². The molecule has 2 atom stereocenters. The molecule has 7 nitrogen and oxygen atoms in total. The van der Waals surface area contributed by atoms with Gasteiger partial charge in [0.05, 0.1) is 5.69 Å². The van der Waals surface area contributed by atoms with Crippen LogP contribution in [0.3, 0.4) is 0 Å². The van der Waals surface area contributed by atoms with E-state index in [1.54, 1.807) is 0 Å². The predicted octanol–water partition coefficient (Wildman–Crippen LogP) is 2.92. The first kappa shape index (κ1) is 21.3. The Morgan fingerprint density at radius 2 is 2.07 bits per heavy atom. The first-order valence-corrected chi connectivity index (χ1v) is 10.8. The van der Waals surface area contributed by atoms with Crippen molar-refractivity contribution in [1.29, 1.82) is 0 Å². The molecule has 0 aliphatic carbocycles. The molecular weight excluding hydrogens is 366 g/mol. The molecular formula is C22H33N5O2. The van der Waals surface area contributed by atoms with E-state index in [2.05, 4.69) is 12.2 Å². The van der Waals surface area contributed by atoms with Crippen molar-refractivity contribution >= 4 is 17.5 Å². The van der Waals surface area contributed by atoms with Crippen LogP contribution in [0.5, 0.6) is 0 Å². The molecule has 0 unspecified atom stereocenters. The van der Waals surface area contributed by atoms with Gasteiger partial charge in [-0.25, -0.2) is 9.50 Å². The van der Waals surface area contributed by atoms with Gasteiger partial charge in [-0.2, -0.15) is 5.10 Å². The smallest absolute Gasteiger partial charge is 0.222 e. The van der Waals surface area contributed by atoms with E-state index in [0.29, 0.717) is 19.3 Å². The molecule has 1 aliphatic rings. The van der Waals surface area contributed by atoms with Crippen LogP contribution in [0.1, 0.15) is 75.0 Å². The number of fused-ring (bicyclic) bond motifs is 1. The summed E-state index contributed by atoms with van der Waals surface area (Å²) in [6, 6.07) is 2.24. The summed E-state index contributed by atoms with van der Waals surface area (Å²) in [4.78, 5) is 30.8. The quantitative estimate of drug-likeness (QED) is 0.776. The summed E-state index contributed by atoms with van der Waals surface area (Å²) < 4.78 is 1.90. The van der Waals surface area contributed by atoms with Crippen molar-refractivity contribution in [2.45, 2.75) is 78.7 Å². The van der Waals surface area contributed by atoms with Crippen LogP contribution in [0.2, 0.25) is 0 Å². The van der Waals surface area contributed by atoms with E-state index in [1.807, 2.05) is 43.2 Å². The molecule has 29 heavy (non-hydrogen) atoms. The molecule has 0 saturated carbocycles. The first-order chi connectivity index (χ1) is 13.8. The molecule has 0 aromatic carbocycles. The summed E-state index contributed by atoms with van der Waals surface area (Å²) in [5.41, 5.74) is 4.91. The number of aryl methyl sites for hydroxylation is 2. The number of nitrogens with one attached hydrogen (secondary N) is 1. The fraction of sp³-hybridized carbons (Fsp3) is 0.636. The molecule has 0 radical (unpaired) electrons. The van der Waals surface area contributed by atoms with Gasteiger partial charge in [-0.3, -0.25) is 9.59 Å².